The van der Waals surface area contributed by atoms with Gasteiger partial charge in [0, 0.05) is 20.2 Å². The van der Waals surface area contributed by atoms with Crippen LogP contribution in [0.3, 0.4) is 0 Å². The molecule has 43 heavy (non-hydrogen) atoms. The first-order valence-electron chi connectivity index (χ1n) is 15.6. The van der Waals surface area contributed by atoms with E-state index in [4.69, 9.17) is 2.74 Å². The standard InChI is InChI=1S/C42H26S/c1-2-11-28-24-32(21-20-27(28)10-1)42-36-17-5-3-15-34(36)41(35-16-4-6-18-37(35)42)31-13-9-12-29(25-31)30-22-23-40-38(26-30)33-14-7-8-19-39(33)43-40/h1-26H/i1D,8D. The van der Waals surface area contributed by atoms with E-state index < -0.39 is 0 Å². The van der Waals surface area contributed by atoms with Crippen molar-refractivity contribution in [1.29, 1.82) is 0 Å². The van der Waals surface area contributed by atoms with E-state index in [1.165, 1.54) is 70.4 Å². The highest BCUT2D eigenvalue weighted by atomic mass is 32.1. The fourth-order valence-corrected chi connectivity index (χ4v) is 7.80. The second-order valence-electron chi connectivity index (χ2n) is 11.1. The molecule has 8 aromatic carbocycles. The van der Waals surface area contributed by atoms with Crippen LogP contribution in [0.15, 0.2) is 158 Å². The molecule has 0 saturated carbocycles. The van der Waals surface area contributed by atoms with Crippen LogP contribution in [0, 0.1) is 0 Å². The molecule has 0 radical (unpaired) electrons. The van der Waals surface area contributed by atoms with Gasteiger partial charge >= 0.3 is 0 Å². The summed E-state index contributed by atoms with van der Waals surface area (Å²) in [6.07, 6.45) is 0. The van der Waals surface area contributed by atoms with Gasteiger partial charge in [0.15, 0.2) is 0 Å². The van der Waals surface area contributed by atoms with E-state index in [-0.39, 0.29) is 0 Å². The zero-order valence-electron chi connectivity index (χ0n) is 25.3. The molecule has 200 valence electrons. The lowest BCUT2D eigenvalue weighted by atomic mass is 9.85. The number of benzene rings is 8. The SMILES string of the molecule is [2H]c1ccc2cc(-c3c4ccccc4c(-c4cccc(-c5ccc6sc7cc([2H])ccc7c6c5)c4)c4ccccc34)ccc2c1. The van der Waals surface area contributed by atoms with Crippen LogP contribution in [-0.2, 0) is 0 Å². The number of hydrogen-bond donors (Lipinski definition) is 0. The molecule has 0 bridgehead atoms. The van der Waals surface area contributed by atoms with Crippen molar-refractivity contribution in [2.24, 2.45) is 0 Å². The zero-order chi connectivity index (χ0) is 30.1. The van der Waals surface area contributed by atoms with Crippen LogP contribution in [0.2, 0.25) is 0 Å². The third-order valence-corrected chi connectivity index (χ3v) is 9.84. The first-order chi connectivity index (χ1) is 22.1. The molecule has 0 aliphatic rings. The molecular weight excluding hydrogens is 537 g/mol. The Balaban J connectivity index is 1.26. The summed E-state index contributed by atoms with van der Waals surface area (Å²) in [5.74, 6) is 0. The summed E-state index contributed by atoms with van der Waals surface area (Å²) in [6.45, 7) is 0. The predicted molar refractivity (Wildman–Crippen MR) is 188 cm³/mol. The van der Waals surface area contributed by atoms with E-state index in [0.717, 1.165) is 15.5 Å². The summed E-state index contributed by atoms with van der Waals surface area (Å²) in [5.41, 5.74) is 7.24. The van der Waals surface area contributed by atoms with E-state index in [1.54, 1.807) is 11.3 Å². The molecule has 0 saturated heterocycles. The minimum atomic E-state index is 0.532. The van der Waals surface area contributed by atoms with Crippen LogP contribution in [0.1, 0.15) is 2.74 Å². The lowest BCUT2D eigenvalue weighted by molar-refractivity contribution is 1.63. The molecule has 0 atom stereocenters. The predicted octanol–water partition coefficient (Wildman–Crippen LogP) is 12.5. The van der Waals surface area contributed by atoms with Gasteiger partial charge in [0.1, 0.15) is 0 Å². The molecule has 9 aromatic rings. The Hall–Kier alpha value is -5.24. The van der Waals surface area contributed by atoms with Crippen molar-refractivity contribution < 1.29 is 2.74 Å². The van der Waals surface area contributed by atoms with Crippen molar-refractivity contribution in [1.82, 2.24) is 0 Å². The second-order valence-corrected chi connectivity index (χ2v) is 12.2. The van der Waals surface area contributed by atoms with Gasteiger partial charge < -0.3 is 0 Å². The van der Waals surface area contributed by atoms with Crippen molar-refractivity contribution in [3.63, 3.8) is 0 Å². The Morgan fingerprint density at radius 2 is 0.930 bits per heavy atom. The van der Waals surface area contributed by atoms with Crippen molar-refractivity contribution >= 4 is 63.8 Å². The van der Waals surface area contributed by atoms with Crippen LogP contribution in [0.25, 0.3) is 85.9 Å². The van der Waals surface area contributed by atoms with Gasteiger partial charge in [-0.05, 0) is 96.0 Å². The van der Waals surface area contributed by atoms with Crippen LogP contribution in [-0.4, -0.2) is 0 Å². The highest BCUT2D eigenvalue weighted by Crippen LogP contribution is 2.45. The Bertz CT molecular complexity index is 2570. The normalized spacial score (nSPS) is 12.4. The molecule has 1 heteroatoms. The number of rotatable bonds is 3. The second kappa shape index (κ2) is 9.66. The van der Waals surface area contributed by atoms with Crippen LogP contribution in [0.5, 0.6) is 0 Å². The molecule has 0 unspecified atom stereocenters. The number of fused-ring (bicyclic) bond motifs is 6. The van der Waals surface area contributed by atoms with Gasteiger partial charge in [0.05, 0.1) is 2.74 Å². The van der Waals surface area contributed by atoms with Crippen LogP contribution >= 0.6 is 11.3 Å². The van der Waals surface area contributed by atoms with Crippen molar-refractivity contribution in [3.8, 4) is 33.4 Å². The summed E-state index contributed by atoms with van der Waals surface area (Å²) in [7, 11) is 0. The average Bonchev–Trinajstić information content (AvgIpc) is 3.43. The van der Waals surface area contributed by atoms with Crippen LogP contribution in [0.4, 0.5) is 0 Å². The first kappa shape index (κ1) is 22.4. The highest BCUT2D eigenvalue weighted by Gasteiger charge is 2.17. The zero-order valence-corrected chi connectivity index (χ0v) is 24.1. The molecule has 0 amide bonds. The summed E-state index contributed by atoms with van der Waals surface area (Å²) < 4.78 is 18.5. The Labute approximate surface area is 256 Å². The van der Waals surface area contributed by atoms with E-state index in [2.05, 4.69) is 115 Å². The van der Waals surface area contributed by atoms with Gasteiger partial charge in [-0.15, -0.1) is 11.3 Å². The molecule has 0 aliphatic heterocycles. The summed E-state index contributed by atoms with van der Waals surface area (Å²) in [5, 5.41) is 9.61. The average molecular weight is 565 g/mol. The van der Waals surface area contributed by atoms with Crippen molar-refractivity contribution in [3.05, 3.63) is 158 Å². The maximum Gasteiger partial charge on any atom is 0.0623 e. The van der Waals surface area contributed by atoms with Crippen molar-refractivity contribution in [2.75, 3.05) is 0 Å². The Morgan fingerprint density at radius 1 is 0.349 bits per heavy atom. The lowest BCUT2D eigenvalue weighted by Crippen LogP contribution is -1.91. The monoisotopic (exact) mass is 564 g/mol. The molecule has 1 heterocycles. The molecule has 0 aliphatic carbocycles. The molecule has 0 fully saturated rings. The minimum Gasteiger partial charge on any atom is -0.135 e. The maximum atomic E-state index is 8.05. The number of thiophene rings is 1. The lowest BCUT2D eigenvalue weighted by Gasteiger charge is -2.18. The topological polar surface area (TPSA) is 0 Å². The number of hydrogen-bond acceptors (Lipinski definition) is 1. The first-order valence-corrected chi connectivity index (χ1v) is 15.4. The fraction of sp³-hybridized carbons (Fsp3) is 0. The molecule has 0 spiro atoms. The van der Waals surface area contributed by atoms with E-state index in [0.29, 0.717) is 12.1 Å². The van der Waals surface area contributed by atoms with Gasteiger partial charge in [-0.2, -0.15) is 0 Å². The van der Waals surface area contributed by atoms with Gasteiger partial charge in [-0.25, -0.2) is 0 Å². The van der Waals surface area contributed by atoms with E-state index >= 15 is 0 Å². The molecule has 0 nitrogen and oxygen atoms in total. The molecule has 9 rings (SSSR count). The molecule has 1 aromatic heterocycles. The maximum absolute atomic E-state index is 8.05. The van der Waals surface area contributed by atoms with Crippen molar-refractivity contribution in [2.45, 2.75) is 0 Å². The third-order valence-electron chi connectivity index (χ3n) is 8.71. The summed E-state index contributed by atoms with van der Waals surface area (Å²) in [6, 6.07) is 52.7. The van der Waals surface area contributed by atoms with Gasteiger partial charge in [0.2, 0.25) is 0 Å². The quantitative estimate of drug-likeness (QED) is 0.187. The Morgan fingerprint density at radius 3 is 1.70 bits per heavy atom. The van der Waals surface area contributed by atoms with Gasteiger partial charge in [0.25, 0.3) is 0 Å². The minimum absolute atomic E-state index is 0.532. The van der Waals surface area contributed by atoms with E-state index in [9.17, 15) is 0 Å². The Kier molecular flexibility index (Phi) is 5.03. The molecule has 0 N–H and O–H groups in total. The fourth-order valence-electron chi connectivity index (χ4n) is 6.74. The smallest absolute Gasteiger partial charge is 0.0623 e. The summed E-state index contributed by atoms with van der Waals surface area (Å²) >= 11 is 1.75. The van der Waals surface area contributed by atoms with Gasteiger partial charge in [-0.1, -0.05) is 127 Å². The molecular formula is C42H26S. The van der Waals surface area contributed by atoms with Gasteiger partial charge in [-0.3, -0.25) is 0 Å². The van der Waals surface area contributed by atoms with Crippen LogP contribution < -0.4 is 0 Å². The van der Waals surface area contributed by atoms with E-state index in [1.807, 2.05) is 30.3 Å². The third kappa shape index (κ3) is 3.90. The largest absolute Gasteiger partial charge is 0.135 e. The summed E-state index contributed by atoms with van der Waals surface area (Å²) in [4.78, 5) is 0. The highest BCUT2D eigenvalue weighted by molar-refractivity contribution is 7.25.